The van der Waals surface area contributed by atoms with Crippen LogP contribution < -0.4 is 5.32 Å². The molecule has 4 atom stereocenters. The van der Waals surface area contributed by atoms with Crippen LogP contribution in [-0.2, 0) is 19.1 Å². The lowest BCUT2D eigenvalue weighted by atomic mass is 9.58. The molecule has 0 unspecified atom stereocenters. The molecule has 0 radical (unpaired) electrons. The Morgan fingerprint density at radius 1 is 1.32 bits per heavy atom. The maximum atomic E-state index is 12.2. The van der Waals surface area contributed by atoms with Crippen LogP contribution in [0.2, 0.25) is 0 Å². The van der Waals surface area contributed by atoms with Crippen molar-refractivity contribution in [2.24, 2.45) is 17.3 Å². The Morgan fingerprint density at radius 2 is 1.89 bits per heavy atom. The van der Waals surface area contributed by atoms with Gasteiger partial charge in [-0.2, -0.15) is 0 Å². The SMILES string of the molecule is COC(=O)C1(C(=O)OC)C[C@H]2CN[C@@H]1[C@H]([C@@H](C)O)C2. The minimum atomic E-state index is -1.33. The molecule has 2 heterocycles. The molecule has 2 N–H and O–H groups in total. The van der Waals surface area contributed by atoms with E-state index in [2.05, 4.69) is 5.32 Å². The second kappa shape index (κ2) is 5.09. The number of hydrogen-bond donors (Lipinski definition) is 2. The third-order valence-electron chi connectivity index (χ3n) is 4.52. The van der Waals surface area contributed by atoms with Crippen LogP contribution in [0.3, 0.4) is 0 Å². The number of carbonyl (C=O) groups excluding carboxylic acids is 2. The molecule has 3 rings (SSSR count). The first-order valence-electron chi connectivity index (χ1n) is 6.55. The highest BCUT2D eigenvalue weighted by molar-refractivity contribution is 6.01. The molecule has 0 aromatic carbocycles. The summed E-state index contributed by atoms with van der Waals surface area (Å²) in [5.74, 6) is -1.13. The van der Waals surface area contributed by atoms with E-state index in [0.29, 0.717) is 6.42 Å². The zero-order valence-corrected chi connectivity index (χ0v) is 11.5. The number of hydrogen-bond acceptors (Lipinski definition) is 6. The zero-order valence-electron chi connectivity index (χ0n) is 11.5. The normalized spacial score (nSPS) is 33.6. The first-order chi connectivity index (χ1) is 8.97. The maximum absolute atomic E-state index is 12.2. The minimum absolute atomic E-state index is 0.148. The van der Waals surface area contributed by atoms with Crippen molar-refractivity contribution in [3.63, 3.8) is 0 Å². The molecule has 108 valence electrons. The number of piperidine rings is 2. The van der Waals surface area contributed by atoms with Gasteiger partial charge in [-0.3, -0.25) is 9.59 Å². The lowest BCUT2D eigenvalue weighted by Crippen LogP contribution is -2.68. The van der Waals surface area contributed by atoms with E-state index >= 15 is 0 Å². The molecule has 19 heavy (non-hydrogen) atoms. The summed E-state index contributed by atoms with van der Waals surface area (Å²) in [6.45, 7) is 2.44. The molecule has 1 saturated carbocycles. The lowest BCUT2D eigenvalue weighted by molar-refractivity contribution is -0.183. The van der Waals surface area contributed by atoms with Gasteiger partial charge in [0.2, 0.25) is 0 Å². The molecule has 2 aliphatic heterocycles. The first kappa shape index (κ1) is 14.3. The van der Waals surface area contributed by atoms with Crippen LogP contribution in [0.25, 0.3) is 0 Å². The van der Waals surface area contributed by atoms with Crippen molar-refractivity contribution in [1.29, 1.82) is 0 Å². The fourth-order valence-corrected chi connectivity index (χ4v) is 3.67. The van der Waals surface area contributed by atoms with Crippen molar-refractivity contribution in [3.05, 3.63) is 0 Å². The average molecular weight is 271 g/mol. The summed E-state index contributed by atoms with van der Waals surface area (Å²) < 4.78 is 9.67. The number of ether oxygens (including phenoxy) is 2. The molecule has 0 amide bonds. The number of aliphatic hydroxyl groups excluding tert-OH is 1. The van der Waals surface area contributed by atoms with Crippen LogP contribution in [0.1, 0.15) is 19.8 Å². The van der Waals surface area contributed by atoms with Gasteiger partial charge in [0.05, 0.1) is 20.3 Å². The maximum Gasteiger partial charge on any atom is 0.324 e. The third kappa shape index (κ3) is 2.03. The monoisotopic (exact) mass is 271 g/mol. The standard InChI is InChI=1S/C13H21NO5/c1-7(15)9-4-8-5-13(11(16)18-2,12(17)19-3)10(9)14-6-8/h7-10,14-15H,4-6H2,1-3H3/t7-,8+,9+,10-/m1/s1. The minimum Gasteiger partial charge on any atom is -0.468 e. The molecule has 0 aromatic heterocycles. The zero-order chi connectivity index (χ0) is 14.2. The lowest BCUT2D eigenvalue weighted by Gasteiger charge is -2.53. The Labute approximate surface area is 112 Å². The molecule has 0 aromatic rings. The Hall–Kier alpha value is -1.14. The van der Waals surface area contributed by atoms with Crippen molar-refractivity contribution >= 4 is 11.9 Å². The molecule has 2 saturated heterocycles. The van der Waals surface area contributed by atoms with E-state index in [1.165, 1.54) is 14.2 Å². The van der Waals surface area contributed by atoms with Crippen LogP contribution in [0.15, 0.2) is 0 Å². The molecule has 6 heteroatoms. The largest absolute Gasteiger partial charge is 0.468 e. The number of esters is 2. The van der Waals surface area contributed by atoms with Gasteiger partial charge in [0.15, 0.2) is 5.41 Å². The Balaban J connectivity index is 2.43. The van der Waals surface area contributed by atoms with Gasteiger partial charge in [0, 0.05) is 12.0 Å². The fraction of sp³-hybridized carbons (Fsp3) is 0.846. The second-order valence-corrected chi connectivity index (χ2v) is 5.55. The number of rotatable bonds is 3. The third-order valence-corrected chi connectivity index (χ3v) is 4.52. The quantitative estimate of drug-likeness (QED) is 0.541. The topological polar surface area (TPSA) is 84.9 Å². The van der Waals surface area contributed by atoms with Crippen LogP contribution in [0, 0.1) is 17.3 Å². The predicted molar refractivity (Wildman–Crippen MR) is 66.2 cm³/mol. The molecule has 0 spiro atoms. The Bertz CT molecular complexity index is 365. The smallest absolute Gasteiger partial charge is 0.324 e. The van der Waals surface area contributed by atoms with Gasteiger partial charge >= 0.3 is 11.9 Å². The van der Waals surface area contributed by atoms with Gasteiger partial charge in [0.25, 0.3) is 0 Å². The van der Waals surface area contributed by atoms with Crippen LogP contribution in [0.5, 0.6) is 0 Å². The van der Waals surface area contributed by atoms with Gasteiger partial charge in [-0.15, -0.1) is 0 Å². The Morgan fingerprint density at radius 3 is 2.32 bits per heavy atom. The van der Waals surface area contributed by atoms with Gasteiger partial charge < -0.3 is 19.9 Å². The fourth-order valence-electron chi connectivity index (χ4n) is 3.67. The number of methoxy groups -OCH3 is 2. The predicted octanol–water partition coefficient (Wildman–Crippen LogP) is -0.302. The molecular formula is C13H21NO5. The number of fused-ring (bicyclic) bond motifs is 3. The highest BCUT2D eigenvalue weighted by Gasteiger charge is 2.63. The summed E-state index contributed by atoms with van der Waals surface area (Å²) in [5, 5.41) is 13.1. The van der Waals surface area contributed by atoms with Crippen LogP contribution in [0.4, 0.5) is 0 Å². The summed E-state index contributed by atoms with van der Waals surface area (Å²) in [4.78, 5) is 24.4. The summed E-state index contributed by atoms with van der Waals surface area (Å²) >= 11 is 0. The van der Waals surface area contributed by atoms with E-state index in [0.717, 1.165) is 13.0 Å². The van der Waals surface area contributed by atoms with E-state index in [1.54, 1.807) is 6.92 Å². The Kier molecular flexibility index (Phi) is 3.82. The highest BCUT2D eigenvalue weighted by Crippen LogP contribution is 2.48. The summed E-state index contributed by atoms with van der Waals surface area (Å²) in [5.41, 5.74) is -1.33. The van der Waals surface area contributed by atoms with Crippen molar-refractivity contribution < 1.29 is 24.2 Å². The van der Waals surface area contributed by atoms with Gasteiger partial charge in [-0.25, -0.2) is 0 Å². The van der Waals surface area contributed by atoms with Gasteiger partial charge in [-0.1, -0.05) is 0 Å². The number of nitrogens with one attached hydrogen (secondary N) is 1. The van der Waals surface area contributed by atoms with Gasteiger partial charge in [-0.05, 0) is 32.2 Å². The number of carbonyl (C=O) groups is 2. The molecule has 3 aliphatic rings. The van der Waals surface area contributed by atoms with E-state index in [9.17, 15) is 14.7 Å². The van der Waals surface area contributed by atoms with Crippen molar-refractivity contribution in [3.8, 4) is 0 Å². The van der Waals surface area contributed by atoms with Gasteiger partial charge in [0.1, 0.15) is 0 Å². The molecule has 6 nitrogen and oxygen atoms in total. The van der Waals surface area contributed by atoms with E-state index in [-0.39, 0.29) is 11.8 Å². The van der Waals surface area contributed by atoms with Crippen LogP contribution in [-0.4, -0.2) is 50.0 Å². The van der Waals surface area contributed by atoms with Crippen molar-refractivity contribution in [2.75, 3.05) is 20.8 Å². The summed E-state index contributed by atoms with van der Waals surface area (Å²) in [7, 11) is 2.54. The van der Waals surface area contributed by atoms with Crippen molar-refractivity contribution in [1.82, 2.24) is 5.32 Å². The average Bonchev–Trinajstić information content (AvgIpc) is 2.45. The summed E-state index contributed by atoms with van der Waals surface area (Å²) in [6, 6.07) is -0.433. The molecule has 2 bridgehead atoms. The summed E-state index contributed by atoms with van der Waals surface area (Å²) in [6.07, 6.45) is 0.646. The van der Waals surface area contributed by atoms with E-state index in [4.69, 9.17) is 9.47 Å². The van der Waals surface area contributed by atoms with Crippen LogP contribution >= 0.6 is 0 Å². The molecular weight excluding hydrogens is 250 g/mol. The van der Waals surface area contributed by atoms with E-state index < -0.39 is 29.5 Å². The van der Waals surface area contributed by atoms with E-state index in [1.807, 2.05) is 0 Å². The first-order valence-corrected chi connectivity index (χ1v) is 6.55. The molecule has 3 fully saturated rings. The molecule has 1 aliphatic carbocycles. The second-order valence-electron chi connectivity index (χ2n) is 5.55. The highest BCUT2D eigenvalue weighted by atomic mass is 16.5. The number of aliphatic hydroxyl groups is 1. The van der Waals surface area contributed by atoms with Crippen molar-refractivity contribution in [2.45, 2.75) is 31.9 Å².